The molecule has 0 radical (unpaired) electrons. The van der Waals surface area contributed by atoms with Gasteiger partial charge in [-0.15, -0.1) is 0 Å². The molecule has 41 heavy (non-hydrogen) atoms. The van der Waals surface area contributed by atoms with Gasteiger partial charge in [-0.2, -0.15) is 13.2 Å². The van der Waals surface area contributed by atoms with Gasteiger partial charge in [-0.3, -0.25) is 14.5 Å². The fourth-order valence-electron chi connectivity index (χ4n) is 6.31. The van der Waals surface area contributed by atoms with Crippen LogP contribution in [0, 0.1) is 11.3 Å². The van der Waals surface area contributed by atoms with Gasteiger partial charge in [0, 0.05) is 30.7 Å². The number of hydrogen-bond acceptors (Lipinski definition) is 3. The molecule has 218 valence electrons. The van der Waals surface area contributed by atoms with Gasteiger partial charge in [0.2, 0.25) is 5.91 Å². The molecule has 1 N–H and O–H groups in total. The van der Waals surface area contributed by atoms with Gasteiger partial charge in [-0.05, 0) is 97.5 Å². The number of aromatic nitrogens is 1. The highest BCUT2D eigenvalue weighted by Gasteiger charge is 2.45. The Morgan fingerprint density at radius 1 is 0.951 bits per heavy atom. The average Bonchev–Trinajstić information content (AvgIpc) is 3.89. The number of fused-ring (bicyclic) bond motifs is 1. The van der Waals surface area contributed by atoms with E-state index in [0.29, 0.717) is 31.3 Å². The minimum Gasteiger partial charge on any atom is -0.352 e. The lowest BCUT2D eigenvalue weighted by Crippen LogP contribution is -2.48. The number of hydrogen-bond donors (Lipinski definition) is 1. The van der Waals surface area contributed by atoms with Gasteiger partial charge in [0.1, 0.15) is 6.67 Å². The first-order valence-electron chi connectivity index (χ1n) is 14.5. The van der Waals surface area contributed by atoms with Gasteiger partial charge in [0.25, 0.3) is 5.56 Å². The maximum absolute atomic E-state index is 13.6. The molecule has 6 rings (SSSR count). The van der Waals surface area contributed by atoms with Crippen molar-refractivity contribution in [3.05, 3.63) is 81.3 Å². The molecule has 1 saturated heterocycles. The van der Waals surface area contributed by atoms with Crippen molar-refractivity contribution in [2.45, 2.75) is 76.9 Å². The van der Waals surface area contributed by atoms with E-state index in [4.69, 9.17) is 0 Å². The van der Waals surface area contributed by atoms with Crippen LogP contribution < -0.4 is 10.9 Å². The second kappa shape index (κ2) is 10.9. The number of carbonyl (C=O) groups excluding carboxylic acids is 1. The molecule has 1 amide bonds. The maximum Gasteiger partial charge on any atom is 0.416 e. The highest BCUT2D eigenvalue weighted by atomic mass is 19.4. The van der Waals surface area contributed by atoms with Crippen molar-refractivity contribution in [2.24, 2.45) is 11.3 Å². The third-order valence-electron chi connectivity index (χ3n) is 9.00. The smallest absolute Gasteiger partial charge is 0.352 e. The highest BCUT2D eigenvalue weighted by molar-refractivity contribution is 5.83. The lowest BCUT2D eigenvalue weighted by Gasteiger charge is -2.41. The summed E-state index contributed by atoms with van der Waals surface area (Å²) in [5, 5.41) is 4.58. The van der Waals surface area contributed by atoms with Crippen LogP contribution in [0.25, 0.3) is 10.8 Å². The molecule has 9 heteroatoms. The number of alkyl halides is 4. The predicted octanol–water partition coefficient (Wildman–Crippen LogP) is 6.52. The Bertz CT molecular complexity index is 1500. The van der Waals surface area contributed by atoms with E-state index >= 15 is 0 Å². The van der Waals surface area contributed by atoms with Gasteiger partial charge >= 0.3 is 6.18 Å². The fourth-order valence-corrected chi connectivity index (χ4v) is 6.31. The van der Waals surface area contributed by atoms with Crippen LogP contribution in [0.3, 0.4) is 0 Å². The summed E-state index contributed by atoms with van der Waals surface area (Å²) in [5.74, 6) is 0.378. The monoisotopic (exact) mass is 569 g/mol. The number of carbonyl (C=O) groups is 1. The Kier molecular flexibility index (Phi) is 7.42. The van der Waals surface area contributed by atoms with Crippen LogP contribution in [0.1, 0.15) is 73.2 Å². The Morgan fingerprint density at radius 3 is 2.34 bits per heavy atom. The van der Waals surface area contributed by atoms with Crippen molar-refractivity contribution < 1.29 is 22.4 Å². The van der Waals surface area contributed by atoms with Crippen LogP contribution in [0.2, 0.25) is 0 Å². The molecule has 0 atom stereocenters. The number of nitrogens with one attached hydrogen (secondary N) is 1. The third kappa shape index (κ3) is 6.20. The molecule has 2 aliphatic carbocycles. The van der Waals surface area contributed by atoms with Crippen molar-refractivity contribution in [3.8, 4) is 0 Å². The number of piperidine rings is 1. The summed E-state index contributed by atoms with van der Waals surface area (Å²) >= 11 is 0. The number of likely N-dealkylation sites (tertiary alicyclic amines) is 1. The SMILES string of the molecule is O=C(NCc1cc(CF)cc(C(F)(F)F)c1)C1(CC2CC2)CCN(Cc2ccc3ccn(C4CC4)c(=O)c3c2)CC1. The van der Waals surface area contributed by atoms with Crippen LogP contribution >= 0.6 is 0 Å². The van der Waals surface area contributed by atoms with E-state index in [-0.39, 0.29) is 29.1 Å². The third-order valence-corrected chi connectivity index (χ3v) is 9.00. The summed E-state index contributed by atoms with van der Waals surface area (Å²) in [6.07, 6.45) is 3.71. The Hall–Kier alpha value is -3.20. The average molecular weight is 570 g/mol. The molecule has 2 saturated carbocycles. The van der Waals surface area contributed by atoms with Gasteiger partial charge in [0.15, 0.2) is 0 Å². The number of pyridine rings is 1. The molecule has 2 aromatic carbocycles. The van der Waals surface area contributed by atoms with Gasteiger partial charge < -0.3 is 9.88 Å². The second-order valence-electron chi connectivity index (χ2n) is 12.2. The molecule has 1 aliphatic heterocycles. The van der Waals surface area contributed by atoms with Crippen LogP contribution in [-0.4, -0.2) is 28.5 Å². The van der Waals surface area contributed by atoms with E-state index in [1.165, 1.54) is 6.07 Å². The molecule has 1 aromatic heterocycles. The molecular formula is C32H35F4N3O2. The molecule has 2 heterocycles. The Labute approximate surface area is 236 Å². The molecular weight excluding hydrogens is 534 g/mol. The first-order valence-corrected chi connectivity index (χ1v) is 14.5. The second-order valence-corrected chi connectivity index (χ2v) is 12.2. The first-order chi connectivity index (χ1) is 19.6. The van der Waals surface area contributed by atoms with Gasteiger partial charge in [-0.1, -0.05) is 31.0 Å². The molecule has 3 aliphatic rings. The van der Waals surface area contributed by atoms with Crippen molar-refractivity contribution in [1.29, 1.82) is 0 Å². The van der Waals surface area contributed by atoms with Crippen LogP contribution in [-0.2, 0) is 30.7 Å². The topological polar surface area (TPSA) is 54.3 Å². The summed E-state index contributed by atoms with van der Waals surface area (Å²) in [7, 11) is 0. The number of halogens is 4. The number of amides is 1. The van der Waals surface area contributed by atoms with E-state index in [1.807, 2.05) is 29.0 Å². The van der Waals surface area contributed by atoms with E-state index in [2.05, 4.69) is 16.3 Å². The van der Waals surface area contributed by atoms with E-state index in [9.17, 15) is 27.2 Å². The predicted molar refractivity (Wildman–Crippen MR) is 149 cm³/mol. The molecule has 3 aromatic rings. The van der Waals surface area contributed by atoms with Crippen LogP contribution in [0.15, 0.2) is 53.5 Å². The van der Waals surface area contributed by atoms with Crippen molar-refractivity contribution in [2.75, 3.05) is 13.1 Å². The number of nitrogens with zero attached hydrogens (tertiary/aromatic N) is 2. The van der Waals surface area contributed by atoms with Crippen LogP contribution in [0.5, 0.6) is 0 Å². The quantitative estimate of drug-likeness (QED) is 0.299. The van der Waals surface area contributed by atoms with E-state index in [0.717, 1.165) is 73.7 Å². The zero-order valence-corrected chi connectivity index (χ0v) is 23.0. The van der Waals surface area contributed by atoms with Crippen molar-refractivity contribution >= 4 is 16.7 Å². The van der Waals surface area contributed by atoms with E-state index < -0.39 is 23.8 Å². The zero-order chi connectivity index (χ0) is 28.8. The highest BCUT2D eigenvalue weighted by Crippen LogP contribution is 2.46. The van der Waals surface area contributed by atoms with Crippen molar-refractivity contribution in [3.63, 3.8) is 0 Å². The maximum atomic E-state index is 13.6. The van der Waals surface area contributed by atoms with Crippen molar-refractivity contribution in [1.82, 2.24) is 14.8 Å². The first kappa shape index (κ1) is 27.9. The minimum atomic E-state index is -4.58. The van der Waals surface area contributed by atoms with Gasteiger partial charge in [-0.25, -0.2) is 4.39 Å². The normalized spacial score (nSPS) is 19.4. The summed E-state index contributed by atoms with van der Waals surface area (Å²) in [4.78, 5) is 28.9. The molecule has 0 spiro atoms. The molecule has 0 unspecified atom stereocenters. The standard InChI is InChI=1S/C32H35F4N3O2/c33-18-23-13-24(15-26(14-23)32(34,35)36)19-37-30(41)31(17-21-1-2-21)8-11-38(12-9-31)20-22-3-4-25-7-10-39(27-5-6-27)29(40)28(25)16-22/h3-4,7,10,13-16,21,27H,1-2,5-6,8-9,11-12,17-20H2,(H,37,41). The summed E-state index contributed by atoms with van der Waals surface area (Å²) < 4.78 is 55.0. The minimum absolute atomic E-state index is 0.0507. The largest absolute Gasteiger partial charge is 0.416 e. The summed E-state index contributed by atoms with van der Waals surface area (Å²) in [6.45, 7) is 1.05. The zero-order valence-electron chi connectivity index (χ0n) is 23.0. The number of benzene rings is 2. The molecule has 0 bridgehead atoms. The lowest BCUT2D eigenvalue weighted by atomic mass is 9.73. The number of rotatable bonds is 9. The summed E-state index contributed by atoms with van der Waals surface area (Å²) in [5.41, 5.74) is -0.149. The van der Waals surface area contributed by atoms with Gasteiger partial charge in [0.05, 0.1) is 11.0 Å². The Balaban J connectivity index is 1.12. The van der Waals surface area contributed by atoms with Crippen LogP contribution in [0.4, 0.5) is 17.6 Å². The lowest BCUT2D eigenvalue weighted by molar-refractivity contribution is -0.137. The molecule has 5 nitrogen and oxygen atoms in total. The fraction of sp³-hybridized carbons (Fsp3) is 0.500. The Morgan fingerprint density at radius 2 is 1.68 bits per heavy atom. The summed E-state index contributed by atoms with van der Waals surface area (Å²) in [6, 6.07) is 11.6. The van der Waals surface area contributed by atoms with E-state index in [1.54, 1.807) is 0 Å². The molecule has 3 fully saturated rings.